The highest BCUT2D eigenvalue weighted by Crippen LogP contribution is 2.22. The van der Waals surface area contributed by atoms with Gasteiger partial charge in [0.1, 0.15) is 5.82 Å². The van der Waals surface area contributed by atoms with Gasteiger partial charge in [-0.25, -0.2) is 4.39 Å². The van der Waals surface area contributed by atoms with Gasteiger partial charge in [-0.15, -0.1) is 0 Å². The van der Waals surface area contributed by atoms with Crippen molar-refractivity contribution in [1.29, 1.82) is 0 Å². The number of halogens is 1. The molecule has 0 fully saturated rings. The number of Topliss-reactive ketones (excluding diaryl/α,β-unsaturated/α-hetero) is 1. The molecule has 2 rings (SSSR count). The molecule has 0 aliphatic heterocycles. The number of nitrogens with zero attached hydrogens (tertiary/aromatic N) is 2. The summed E-state index contributed by atoms with van der Waals surface area (Å²) in [5, 5.41) is 1.35. The molecule has 0 aliphatic carbocycles. The second-order valence-corrected chi connectivity index (χ2v) is 6.57. The van der Waals surface area contributed by atoms with E-state index in [2.05, 4.69) is 6.58 Å². The van der Waals surface area contributed by atoms with E-state index in [1.54, 1.807) is 63.4 Å². The van der Waals surface area contributed by atoms with Crippen LogP contribution in [0.3, 0.4) is 0 Å². The molecule has 4 nitrogen and oxygen atoms in total. The van der Waals surface area contributed by atoms with Crippen molar-refractivity contribution < 1.29 is 14.0 Å². The van der Waals surface area contributed by atoms with Gasteiger partial charge >= 0.3 is 0 Å². The molecule has 0 heterocycles. The zero-order valence-electron chi connectivity index (χ0n) is 15.8. The summed E-state index contributed by atoms with van der Waals surface area (Å²) < 4.78 is 14.5. The van der Waals surface area contributed by atoms with Crippen LogP contribution < -0.4 is 10.4 Å². The van der Waals surface area contributed by atoms with Crippen molar-refractivity contribution in [1.82, 2.24) is 9.80 Å². The zero-order valence-corrected chi connectivity index (χ0v) is 15.8. The molecule has 0 unspecified atom stereocenters. The van der Waals surface area contributed by atoms with Gasteiger partial charge in [-0.1, -0.05) is 24.8 Å². The summed E-state index contributed by atoms with van der Waals surface area (Å²) in [4.78, 5) is 27.0. The smallest absolute Gasteiger partial charge is 0.253 e. The van der Waals surface area contributed by atoms with Crippen LogP contribution in [0.4, 0.5) is 4.39 Å². The molecule has 1 amide bonds. The SMILES string of the molecule is C=c1cc(-c2ccc(C(=O)N(C)C)cc2F)cc/c1=C(\C(C)=O)N(C)C. The predicted molar refractivity (Wildman–Crippen MR) is 102 cm³/mol. The predicted octanol–water partition coefficient (Wildman–Crippen LogP) is 1.86. The maximum Gasteiger partial charge on any atom is 0.253 e. The number of amides is 1. The largest absolute Gasteiger partial charge is 0.374 e. The Labute approximate surface area is 152 Å². The highest BCUT2D eigenvalue weighted by molar-refractivity contribution is 6.12. The van der Waals surface area contributed by atoms with Gasteiger partial charge in [-0.2, -0.15) is 0 Å². The fourth-order valence-corrected chi connectivity index (χ4v) is 2.88. The number of hydrogen-bond acceptors (Lipinski definition) is 3. The maximum atomic E-state index is 14.5. The summed E-state index contributed by atoms with van der Waals surface area (Å²) in [6.07, 6.45) is 0. The van der Waals surface area contributed by atoms with Crippen LogP contribution >= 0.6 is 0 Å². The molecule has 2 aromatic carbocycles. The number of likely N-dealkylation sites (N-methyl/N-ethyl adjacent to an activating group) is 1. The van der Waals surface area contributed by atoms with Gasteiger partial charge in [0.2, 0.25) is 0 Å². The summed E-state index contributed by atoms with van der Waals surface area (Å²) in [6, 6.07) is 9.69. The highest BCUT2D eigenvalue weighted by atomic mass is 19.1. The Morgan fingerprint density at radius 3 is 2.08 bits per heavy atom. The lowest BCUT2D eigenvalue weighted by Crippen LogP contribution is -2.33. The van der Waals surface area contributed by atoms with Crippen LogP contribution in [-0.2, 0) is 4.79 Å². The summed E-state index contributed by atoms with van der Waals surface area (Å²) >= 11 is 0. The molecular weight excluding hydrogens is 331 g/mol. The van der Waals surface area contributed by atoms with E-state index in [4.69, 9.17) is 0 Å². The summed E-state index contributed by atoms with van der Waals surface area (Å²) in [7, 11) is 6.83. The molecule has 2 aromatic rings. The van der Waals surface area contributed by atoms with Crippen molar-refractivity contribution in [2.45, 2.75) is 6.92 Å². The van der Waals surface area contributed by atoms with Crippen LogP contribution in [0, 0.1) is 5.82 Å². The van der Waals surface area contributed by atoms with Crippen LogP contribution in [-0.4, -0.2) is 49.7 Å². The van der Waals surface area contributed by atoms with E-state index in [1.165, 1.54) is 17.9 Å². The van der Waals surface area contributed by atoms with E-state index in [9.17, 15) is 14.0 Å². The van der Waals surface area contributed by atoms with Crippen LogP contribution in [0.2, 0.25) is 0 Å². The maximum absolute atomic E-state index is 14.5. The molecule has 0 saturated carbocycles. The van der Waals surface area contributed by atoms with Crippen LogP contribution in [0.15, 0.2) is 36.4 Å². The minimum atomic E-state index is -0.478. The van der Waals surface area contributed by atoms with Crippen LogP contribution in [0.1, 0.15) is 17.3 Å². The van der Waals surface area contributed by atoms with E-state index < -0.39 is 5.82 Å². The molecule has 26 heavy (non-hydrogen) atoms. The minimum absolute atomic E-state index is 0.0645. The molecule has 0 saturated heterocycles. The third kappa shape index (κ3) is 3.82. The molecule has 136 valence electrons. The number of carbonyl (C=O) groups excluding carboxylic acids is 2. The number of benzene rings is 2. The zero-order chi connectivity index (χ0) is 19.6. The van der Waals surface area contributed by atoms with E-state index in [0.717, 1.165) is 0 Å². The standard InChI is InChI=1S/C21H23FN2O2/c1-13-11-15(7-9-17(13)20(14(2)25)23(3)4)18-10-8-16(12-19(18)22)21(26)24(5)6/h7-12H,1H2,2-6H3/b20-17-. The Morgan fingerprint density at radius 2 is 1.62 bits per heavy atom. The van der Waals surface area contributed by atoms with Crippen molar-refractivity contribution >= 4 is 24.0 Å². The Kier molecular flexibility index (Phi) is 5.60. The summed E-state index contributed by atoms with van der Waals surface area (Å²) in [5.41, 5.74) is 1.87. The van der Waals surface area contributed by atoms with E-state index in [0.29, 0.717) is 32.8 Å². The first-order chi connectivity index (χ1) is 12.1. The van der Waals surface area contributed by atoms with Crippen LogP contribution in [0.25, 0.3) is 23.4 Å². The average Bonchev–Trinajstić information content (AvgIpc) is 2.55. The van der Waals surface area contributed by atoms with Gasteiger partial charge in [0.25, 0.3) is 5.91 Å². The summed E-state index contributed by atoms with van der Waals surface area (Å²) in [6.45, 7) is 5.51. The van der Waals surface area contributed by atoms with E-state index >= 15 is 0 Å². The van der Waals surface area contributed by atoms with Crippen molar-refractivity contribution in [2.75, 3.05) is 28.2 Å². The van der Waals surface area contributed by atoms with E-state index in [-0.39, 0.29) is 11.7 Å². The van der Waals surface area contributed by atoms with Gasteiger partial charge < -0.3 is 9.80 Å². The fraction of sp³-hybridized carbons (Fsp3) is 0.238. The first-order valence-electron chi connectivity index (χ1n) is 8.16. The average molecular weight is 354 g/mol. The van der Waals surface area contributed by atoms with Crippen molar-refractivity contribution in [3.05, 3.63) is 58.2 Å². The molecule has 0 spiro atoms. The lowest BCUT2D eigenvalue weighted by molar-refractivity contribution is -0.112. The summed E-state index contributed by atoms with van der Waals surface area (Å²) in [5.74, 6) is -0.797. The number of rotatable bonds is 4. The van der Waals surface area contributed by atoms with E-state index in [1.807, 2.05) is 0 Å². The Bertz CT molecular complexity index is 978. The quantitative estimate of drug-likeness (QED) is 0.842. The van der Waals surface area contributed by atoms with Crippen molar-refractivity contribution in [3.63, 3.8) is 0 Å². The van der Waals surface area contributed by atoms with Gasteiger partial charge in [-0.05, 0) is 29.0 Å². The second-order valence-electron chi connectivity index (χ2n) is 6.57. The molecule has 0 atom stereocenters. The second kappa shape index (κ2) is 7.52. The first-order valence-corrected chi connectivity index (χ1v) is 8.16. The Morgan fingerprint density at radius 1 is 0.962 bits per heavy atom. The molecule has 0 bridgehead atoms. The number of carbonyl (C=O) groups is 2. The lowest BCUT2D eigenvalue weighted by atomic mass is 10.0. The molecular formula is C21H23FN2O2. The molecule has 0 N–H and O–H groups in total. The van der Waals surface area contributed by atoms with Crippen LogP contribution in [0.5, 0.6) is 0 Å². The lowest BCUT2D eigenvalue weighted by Gasteiger charge is -2.15. The van der Waals surface area contributed by atoms with Crippen molar-refractivity contribution in [2.24, 2.45) is 0 Å². The monoisotopic (exact) mass is 354 g/mol. The molecule has 0 radical (unpaired) electrons. The molecule has 5 heteroatoms. The first kappa shape index (κ1) is 19.4. The van der Waals surface area contributed by atoms with Crippen molar-refractivity contribution in [3.8, 4) is 11.1 Å². The van der Waals surface area contributed by atoms with Gasteiger partial charge in [0.05, 0.1) is 5.70 Å². The van der Waals surface area contributed by atoms with Gasteiger partial charge in [-0.3, -0.25) is 9.59 Å². The van der Waals surface area contributed by atoms with Gasteiger partial charge in [0, 0.05) is 51.5 Å². The minimum Gasteiger partial charge on any atom is -0.374 e. The van der Waals surface area contributed by atoms with Gasteiger partial charge in [0.15, 0.2) is 5.78 Å². The Balaban J connectivity index is 2.57. The normalized spacial score (nSPS) is 11.8. The molecule has 0 aromatic heterocycles. The molecule has 0 aliphatic rings. The number of ketones is 1. The Hall–Kier alpha value is -2.95. The topological polar surface area (TPSA) is 40.6 Å². The third-order valence-electron chi connectivity index (χ3n) is 4.07. The highest BCUT2D eigenvalue weighted by Gasteiger charge is 2.13. The number of hydrogen-bond donors (Lipinski definition) is 0. The fourth-order valence-electron chi connectivity index (χ4n) is 2.88. The third-order valence-corrected chi connectivity index (χ3v) is 4.07.